The van der Waals surface area contributed by atoms with E-state index in [0.717, 1.165) is 32.5 Å². The number of thiophene rings is 1. The van der Waals surface area contributed by atoms with E-state index in [1.807, 2.05) is 32.9 Å². The highest BCUT2D eigenvalue weighted by molar-refractivity contribution is 7.20. The zero-order valence-electron chi connectivity index (χ0n) is 15.7. The molecular formula is C19H19N5O2S. The fourth-order valence-corrected chi connectivity index (χ4v) is 4.64. The van der Waals surface area contributed by atoms with Gasteiger partial charge < -0.3 is 5.32 Å². The third kappa shape index (κ3) is 2.64. The van der Waals surface area contributed by atoms with Crippen LogP contribution in [-0.2, 0) is 14.1 Å². The molecule has 0 atom stereocenters. The third-order valence-corrected chi connectivity index (χ3v) is 6.00. The van der Waals surface area contributed by atoms with E-state index in [1.54, 1.807) is 29.3 Å². The summed E-state index contributed by atoms with van der Waals surface area (Å²) in [6.07, 6.45) is 0. The number of aryl methyl sites for hydroxylation is 5. The molecule has 0 aliphatic carbocycles. The van der Waals surface area contributed by atoms with Crippen molar-refractivity contribution in [2.24, 2.45) is 14.1 Å². The zero-order valence-corrected chi connectivity index (χ0v) is 16.6. The number of rotatable bonds is 2. The van der Waals surface area contributed by atoms with E-state index in [2.05, 4.69) is 15.3 Å². The Hall–Kier alpha value is -3.00. The van der Waals surface area contributed by atoms with Gasteiger partial charge in [-0.15, -0.1) is 11.3 Å². The minimum atomic E-state index is -0.187. The molecule has 1 N–H and O–H groups in total. The Morgan fingerprint density at radius 3 is 2.52 bits per heavy atom. The van der Waals surface area contributed by atoms with Gasteiger partial charge in [-0.3, -0.25) is 13.9 Å². The molecule has 0 saturated heterocycles. The van der Waals surface area contributed by atoms with Gasteiger partial charge in [-0.25, -0.2) is 14.8 Å². The van der Waals surface area contributed by atoms with Gasteiger partial charge in [-0.05, 0) is 44.5 Å². The second-order valence-corrected chi connectivity index (χ2v) is 7.65. The number of fused-ring (bicyclic) bond motifs is 2. The molecule has 0 saturated carbocycles. The first-order valence-electron chi connectivity index (χ1n) is 8.49. The van der Waals surface area contributed by atoms with Crippen molar-refractivity contribution in [3.63, 3.8) is 0 Å². The van der Waals surface area contributed by atoms with Gasteiger partial charge in [0.1, 0.15) is 10.7 Å². The number of anilines is 1. The molecule has 0 aliphatic rings. The van der Waals surface area contributed by atoms with Gasteiger partial charge >= 0.3 is 5.69 Å². The summed E-state index contributed by atoms with van der Waals surface area (Å²) in [6.45, 7) is 5.70. The highest BCUT2D eigenvalue weighted by Gasteiger charge is 2.19. The summed E-state index contributed by atoms with van der Waals surface area (Å²) >= 11 is 1.37. The second kappa shape index (κ2) is 6.02. The van der Waals surface area contributed by atoms with Gasteiger partial charge in [0.15, 0.2) is 0 Å². The monoisotopic (exact) mass is 381 g/mol. The smallest absolute Gasteiger partial charge is 0.321 e. The van der Waals surface area contributed by atoms with E-state index in [0.29, 0.717) is 16.4 Å². The summed E-state index contributed by atoms with van der Waals surface area (Å²) in [5.41, 5.74) is 3.90. The Bertz CT molecular complexity index is 1300. The first-order chi connectivity index (χ1) is 12.8. The van der Waals surface area contributed by atoms with Crippen molar-refractivity contribution in [1.82, 2.24) is 19.1 Å². The van der Waals surface area contributed by atoms with Gasteiger partial charge in [-0.1, -0.05) is 0 Å². The van der Waals surface area contributed by atoms with Crippen molar-refractivity contribution in [3.05, 3.63) is 50.6 Å². The number of hydrogen-bond donors (Lipinski definition) is 1. The van der Waals surface area contributed by atoms with Crippen LogP contribution in [0.1, 0.15) is 26.8 Å². The van der Waals surface area contributed by atoms with E-state index in [-0.39, 0.29) is 11.6 Å². The van der Waals surface area contributed by atoms with E-state index in [1.165, 1.54) is 11.3 Å². The van der Waals surface area contributed by atoms with Crippen molar-refractivity contribution < 1.29 is 4.79 Å². The fraction of sp³-hybridized carbons (Fsp3) is 0.263. The summed E-state index contributed by atoms with van der Waals surface area (Å²) in [5, 5.41) is 3.88. The molecule has 3 heterocycles. The van der Waals surface area contributed by atoms with Crippen LogP contribution in [0.25, 0.3) is 21.3 Å². The summed E-state index contributed by atoms with van der Waals surface area (Å²) in [7, 11) is 3.45. The number of hydrogen-bond acceptors (Lipinski definition) is 5. The highest BCUT2D eigenvalue weighted by Crippen LogP contribution is 2.32. The summed E-state index contributed by atoms with van der Waals surface area (Å²) < 4.78 is 3.15. The topological polar surface area (TPSA) is 81.8 Å². The predicted molar refractivity (Wildman–Crippen MR) is 108 cm³/mol. The number of imidazole rings is 1. The molecule has 7 nitrogen and oxygen atoms in total. The maximum atomic E-state index is 12.9. The summed E-state index contributed by atoms with van der Waals surface area (Å²) in [6, 6.07) is 5.45. The van der Waals surface area contributed by atoms with E-state index >= 15 is 0 Å². The minimum absolute atomic E-state index is 0.0988. The molecule has 0 unspecified atom stereocenters. The first kappa shape index (κ1) is 17.4. The zero-order chi connectivity index (χ0) is 19.5. The van der Waals surface area contributed by atoms with Gasteiger partial charge in [0.2, 0.25) is 0 Å². The lowest BCUT2D eigenvalue weighted by Crippen LogP contribution is -2.19. The van der Waals surface area contributed by atoms with Crippen molar-refractivity contribution in [3.8, 4) is 0 Å². The molecule has 8 heteroatoms. The molecule has 0 bridgehead atoms. The molecule has 0 radical (unpaired) electrons. The van der Waals surface area contributed by atoms with Crippen LogP contribution < -0.4 is 11.0 Å². The average molecular weight is 381 g/mol. The lowest BCUT2D eigenvalue weighted by molar-refractivity contribution is 0.103. The summed E-state index contributed by atoms with van der Waals surface area (Å²) in [5.74, 6) is 0.511. The second-order valence-electron chi connectivity index (χ2n) is 6.65. The molecular weight excluding hydrogens is 362 g/mol. The maximum Gasteiger partial charge on any atom is 0.328 e. The largest absolute Gasteiger partial charge is 0.328 e. The van der Waals surface area contributed by atoms with Crippen LogP contribution in [0.2, 0.25) is 0 Å². The molecule has 3 aromatic heterocycles. The quantitative estimate of drug-likeness (QED) is 0.579. The average Bonchev–Trinajstić information content (AvgIpc) is 3.05. The Morgan fingerprint density at radius 1 is 1.07 bits per heavy atom. The number of nitrogens with one attached hydrogen (secondary N) is 1. The SMILES string of the molecule is Cc1nc(C)c2c(C)c(C(=O)Nc3ccc4c(c3)n(C)c(=O)n4C)sc2n1. The fourth-order valence-electron chi connectivity index (χ4n) is 3.46. The first-order valence-corrected chi connectivity index (χ1v) is 9.30. The van der Waals surface area contributed by atoms with Crippen molar-refractivity contribution >= 4 is 44.2 Å². The van der Waals surface area contributed by atoms with E-state index in [4.69, 9.17) is 0 Å². The lowest BCUT2D eigenvalue weighted by Gasteiger charge is -2.06. The van der Waals surface area contributed by atoms with Crippen LogP contribution in [0.4, 0.5) is 5.69 Å². The van der Waals surface area contributed by atoms with Crippen LogP contribution in [-0.4, -0.2) is 25.0 Å². The Kier molecular flexibility index (Phi) is 3.88. The van der Waals surface area contributed by atoms with Crippen molar-refractivity contribution in [2.75, 3.05) is 5.32 Å². The Morgan fingerprint density at radius 2 is 1.78 bits per heavy atom. The molecule has 0 fully saturated rings. The third-order valence-electron chi connectivity index (χ3n) is 4.82. The van der Waals surface area contributed by atoms with Crippen LogP contribution in [0.3, 0.4) is 0 Å². The number of nitrogens with zero attached hydrogens (tertiary/aromatic N) is 4. The van der Waals surface area contributed by atoms with Crippen molar-refractivity contribution in [1.29, 1.82) is 0 Å². The number of aromatic nitrogens is 4. The van der Waals surface area contributed by atoms with E-state index in [9.17, 15) is 9.59 Å². The van der Waals surface area contributed by atoms with Crippen LogP contribution in [0.15, 0.2) is 23.0 Å². The van der Waals surface area contributed by atoms with Crippen LogP contribution in [0, 0.1) is 20.8 Å². The number of carbonyl (C=O) groups is 1. The maximum absolute atomic E-state index is 12.9. The Balaban J connectivity index is 1.74. The van der Waals surface area contributed by atoms with Gasteiger partial charge in [0.25, 0.3) is 5.91 Å². The molecule has 138 valence electrons. The molecule has 4 rings (SSSR count). The number of benzene rings is 1. The minimum Gasteiger partial charge on any atom is -0.321 e. The molecule has 1 amide bonds. The molecule has 0 aliphatic heterocycles. The van der Waals surface area contributed by atoms with Crippen LogP contribution in [0.5, 0.6) is 0 Å². The molecule has 27 heavy (non-hydrogen) atoms. The van der Waals surface area contributed by atoms with Crippen molar-refractivity contribution in [2.45, 2.75) is 20.8 Å². The van der Waals surface area contributed by atoms with Crippen LogP contribution >= 0.6 is 11.3 Å². The standard InChI is InChI=1S/C19H19N5O2S/c1-9-15-10(2)20-11(3)21-18(15)27-16(9)17(25)22-12-6-7-13-14(8-12)24(5)19(26)23(13)4/h6-8H,1-5H3,(H,22,25). The molecule has 1 aromatic carbocycles. The normalized spacial score (nSPS) is 11.4. The highest BCUT2D eigenvalue weighted by atomic mass is 32.1. The van der Waals surface area contributed by atoms with Gasteiger partial charge in [-0.2, -0.15) is 0 Å². The lowest BCUT2D eigenvalue weighted by atomic mass is 10.1. The molecule has 4 aromatic rings. The molecule has 0 spiro atoms. The Labute approximate surface area is 159 Å². The van der Waals surface area contributed by atoms with E-state index < -0.39 is 0 Å². The van der Waals surface area contributed by atoms with Gasteiger partial charge in [0, 0.05) is 30.9 Å². The summed E-state index contributed by atoms with van der Waals surface area (Å²) in [4.78, 5) is 35.3. The number of carbonyl (C=O) groups excluding carboxylic acids is 1. The number of amides is 1. The van der Waals surface area contributed by atoms with Gasteiger partial charge in [0.05, 0.1) is 15.9 Å². The predicted octanol–water partition coefficient (Wildman–Crippen LogP) is 3.06.